The number of nitrogens with one attached hydrogen (secondary N) is 1. The van der Waals surface area contributed by atoms with Crippen molar-refractivity contribution in [1.82, 2.24) is 14.8 Å². The van der Waals surface area contributed by atoms with Crippen molar-refractivity contribution in [1.29, 1.82) is 0 Å². The zero-order valence-corrected chi connectivity index (χ0v) is 18.8. The maximum atomic E-state index is 13.1. The molecule has 0 saturated carbocycles. The molecule has 2 amide bonds. The summed E-state index contributed by atoms with van der Waals surface area (Å²) in [6.07, 6.45) is 5.01. The second kappa shape index (κ2) is 9.92. The van der Waals surface area contributed by atoms with Gasteiger partial charge in [0.2, 0.25) is 11.8 Å². The number of hydrogen-bond acceptors (Lipinski definition) is 4. The Morgan fingerprint density at radius 1 is 1.18 bits per heavy atom. The lowest BCUT2D eigenvalue weighted by atomic mass is 10.1. The highest BCUT2D eigenvalue weighted by Crippen LogP contribution is 2.24. The van der Waals surface area contributed by atoms with Crippen LogP contribution >= 0.6 is 0 Å². The maximum absolute atomic E-state index is 13.1. The topological polar surface area (TPSA) is 65.5 Å². The van der Waals surface area contributed by atoms with Crippen LogP contribution in [0, 0.1) is 5.82 Å². The number of anilines is 1. The fourth-order valence-corrected chi connectivity index (χ4v) is 4.18. The van der Waals surface area contributed by atoms with E-state index in [-0.39, 0.29) is 23.7 Å². The SMILES string of the molecule is CC(=O)Nc1cc2cccnc2cc1/C=C/C(=O)N1CCN(Cc2ccc(F)cc2)C[C@H]1C. The largest absolute Gasteiger partial charge is 0.334 e. The third kappa shape index (κ3) is 5.62. The summed E-state index contributed by atoms with van der Waals surface area (Å²) in [4.78, 5) is 33.1. The van der Waals surface area contributed by atoms with Crippen LogP contribution in [0.5, 0.6) is 0 Å². The van der Waals surface area contributed by atoms with E-state index in [4.69, 9.17) is 0 Å². The summed E-state index contributed by atoms with van der Waals surface area (Å²) in [5.41, 5.74) is 3.22. The van der Waals surface area contributed by atoms with E-state index in [1.54, 1.807) is 30.5 Å². The molecule has 1 aromatic heterocycles. The van der Waals surface area contributed by atoms with Crippen LogP contribution in [0.1, 0.15) is 25.0 Å². The predicted molar refractivity (Wildman–Crippen MR) is 128 cm³/mol. The van der Waals surface area contributed by atoms with Crippen LogP contribution in [0.25, 0.3) is 17.0 Å². The molecule has 1 N–H and O–H groups in total. The van der Waals surface area contributed by atoms with Gasteiger partial charge in [-0.1, -0.05) is 18.2 Å². The van der Waals surface area contributed by atoms with Crippen LogP contribution in [0.3, 0.4) is 0 Å². The molecule has 1 atom stereocenters. The average Bonchev–Trinajstić information content (AvgIpc) is 2.78. The van der Waals surface area contributed by atoms with Crippen molar-refractivity contribution in [3.8, 4) is 0 Å². The molecule has 3 aromatic rings. The number of carbonyl (C=O) groups excluding carboxylic acids is 2. The Labute approximate surface area is 192 Å². The molecular formula is C26H27FN4O2. The lowest BCUT2D eigenvalue weighted by Gasteiger charge is -2.39. The van der Waals surface area contributed by atoms with Gasteiger partial charge in [0.05, 0.1) is 5.52 Å². The summed E-state index contributed by atoms with van der Waals surface area (Å²) in [6.45, 7) is 6.33. The second-order valence-electron chi connectivity index (χ2n) is 8.39. The molecule has 1 aliphatic heterocycles. The van der Waals surface area contributed by atoms with Gasteiger partial charge in [-0.15, -0.1) is 0 Å². The van der Waals surface area contributed by atoms with Gasteiger partial charge in [-0.05, 0) is 48.9 Å². The number of carbonyl (C=O) groups is 2. The van der Waals surface area contributed by atoms with E-state index in [1.807, 2.05) is 36.1 Å². The molecule has 0 radical (unpaired) electrons. The number of amides is 2. The Kier molecular flexibility index (Phi) is 6.79. The van der Waals surface area contributed by atoms with Crippen molar-refractivity contribution in [3.05, 3.63) is 77.7 Å². The van der Waals surface area contributed by atoms with Gasteiger partial charge in [-0.3, -0.25) is 19.5 Å². The summed E-state index contributed by atoms with van der Waals surface area (Å²) in [6, 6.07) is 14.1. The average molecular weight is 447 g/mol. The molecule has 7 heteroatoms. The lowest BCUT2D eigenvalue weighted by Crippen LogP contribution is -2.53. The molecule has 1 aliphatic rings. The second-order valence-corrected chi connectivity index (χ2v) is 8.39. The van der Waals surface area contributed by atoms with E-state index in [1.165, 1.54) is 19.1 Å². The number of piperazine rings is 1. The van der Waals surface area contributed by atoms with Gasteiger partial charge in [-0.2, -0.15) is 0 Å². The van der Waals surface area contributed by atoms with Crippen LogP contribution in [-0.2, 0) is 16.1 Å². The van der Waals surface area contributed by atoms with Crippen LogP contribution in [0.15, 0.2) is 60.8 Å². The van der Waals surface area contributed by atoms with E-state index in [0.717, 1.165) is 41.7 Å². The van der Waals surface area contributed by atoms with E-state index < -0.39 is 0 Å². The normalized spacial score (nSPS) is 16.9. The molecule has 2 heterocycles. The Bertz CT molecular complexity index is 1190. The number of fused-ring (bicyclic) bond motifs is 1. The molecular weight excluding hydrogens is 419 g/mol. The zero-order chi connectivity index (χ0) is 23.4. The first-order chi connectivity index (χ1) is 15.9. The number of hydrogen-bond donors (Lipinski definition) is 1. The van der Waals surface area contributed by atoms with Gasteiger partial charge in [0.25, 0.3) is 0 Å². The predicted octanol–water partition coefficient (Wildman–Crippen LogP) is 4.08. The molecule has 0 bridgehead atoms. The molecule has 33 heavy (non-hydrogen) atoms. The molecule has 6 nitrogen and oxygen atoms in total. The van der Waals surface area contributed by atoms with E-state index in [2.05, 4.69) is 15.2 Å². The molecule has 0 unspecified atom stereocenters. The molecule has 4 rings (SSSR count). The summed E-state index contributed by atoms with van der Waals surface area (Å²) >= 11 is 0. The summed E-state index contributed by atoms with van der Waals surface area (Å²) in [5.74, 6) is -0.484. The van der Waals surface area contributed by atoms with Crippen molar-refractivity contribution in [2.45, 2.75) is 26.4 Å². The zero-order valence-electron chi connectivity index (χ0n) is 18.8. The number of pyridine rings is 1. The Morgan fingerprint density at radius 3 is 2.70 bits per heavy atom. The van der Waals surface area contributed by atoms with Crippen molar-refractivity contribution in [2.75, 3.05) is 25.0 Å². The summed E-state index contributed by atoms with van der Waals surface area (Å²) in [5, 5.41) is 3.75. The van der Waals surface area contributed by atoms with Crippen molar-refractivity contribution < 1.29 is 14.0 Å². The minimum absolute atomic E-state index is 0.0458. The van der Waals surface area contributed by atoms with E-state index >= 15 is 0 Å². The monoisotopic (exact) mass is 446 g/mol. The van der Waals surface area contributed by atoms with Crippen molar-refractivity contribution in [3.63, 3.8) is 0 Å². The van der Waals surface area contributed by atoms with Crippen molar-refractivity contribution >= 4 is 34.5 Å². The third-order valence-corrected chi connectivity index (χ3v) is 5.80. The van der Waals surface area contributed by atoms with Gasteiger partial charge >= 0.3 is 0 Å². The number of rotatable bonds is 5. The van der Waals surface area contributed by atoms with Gasteiger partial charge in [0.15, 0.2) is 0 Å². The number of halogens is 1. The highest BCUT2D eigenvalue weighted by molar-refractivity contribution is 5.98. The quantitative estimate of drug-likeness (QED) is 0.600. The number of aromatic nitrogens is 1. The van der Waals surface area contributed by atoms with E-state index in [9.17, 15) is 14.0 Å². The van der Waals surface area contributed by atoms with Crippen LogP contribution < -0.4 is 5.32 Å². The van der Waals surface area contributed by atoms with Gasteiger partial charge in [-0.25, -0.2) is 4.39 Å². The molecule has 2 aromatic carbocycles. The van der Waals surface area contributed by atoms with Crippen molar-refractivity contribution in [2.24, 2.45) is 0 Å². The highest BCUT2D eigenvalue weighted by Gasteiger charge is 2.26. The fraction of sp³-hybridized carbons (Fsp3) is 0.269. The minimum Gasteiger partial charge on any atom is -0.334 e. The maximum Gasteiger partial charge on any atom is 0.246 e. The summed E-state index contributed by atoms with van der Waals surface area (Å²) < 4.78 is 13.1. The minimum atomic E-state index is -0.238. The van der Waals surface area contributed by atoms with Crippen LogP contribution in [-0.4, -0.2) is 52.3 Å². The van der Waals surface area contributed by atoms with E-state index in [0.29, 0.717) is 12.2 Å². The van der Waals surface area contributed by atoms with Crippen LogP contribution in [0.4, 0.5) is 10.1 Å². The molecule has 0 spiro atoms. The lowest BCUT2D eigenvalue weighted by molar-refractivity contribution is -0.130. The van der Waals surface area contributed by atoms with Crippen LogP contribution in [0.2, 0.25) is 0 Å². The first-order valence-electron chi connectivity index (χ1n) is 11.0. The summed E-state index contributed by atoms with van der Waals surface area (Å²) in [7, 11) is 0. The molecule has 1 saturated heterocycles. The number of nitrogens with zero attached hydrogens (tertiary/aromatic N) is 3. The molecule has 0 aliphatic carbocycles. The third-order valence-electron chi connectivity index (χ3n) is 5.80. The smallest absolute Gasteiger partial charge is 0.246 e. The highest BCUT2D eigenvalue weighted by atomic mass is 19.1. The molecule has 1 fully saturated rings. The standard InChI is InChI=1S/C26H27FN4O2/c1-18-16-30(17-20-5-8-23(27)9-6-20)12-13-31(18)26(33)10-7-22-14-24-21(4-3-11-28-24)15-25(22)29-19(2)32/h3-11,14-15,18H,12-13,16-17H2,1-2H3,(H,29,32)/b10-7+/t18-/m1/s1. The fourth-order valence-electron chi connectivity index (χ4n) is 4.18. The Morgan fingerprint density at radius 2 is 1.97 bits per heavy atom. The van der Waals surface area contributed by atoms with Gasteiger partial charge < -0.3 is 10.2 Å². The van der Waals surface area contributed by atoms with Gasteiger partial charge in [0.1, 0.15) is 5.82 Å². The first kappa shape index (κ1) is 22.6. The Balaban J connectivity index is 1.44. The van der Waals surface area contributed by atoms with Gasteiger partial charge in [0, 0.05) is 68.1 Å². The number of benzene rings is 2. The first-order valence-corrected chi connectivity index (χ1v) is 11.0. The molecule has 170 valence electrons. The Hall–Kier alpha value is -3.58.